The molecule has 0 saturated carbocycles. The fourth-order valence-corrected chi connectivity index (χ4v) is 4.03. The van der Waals surface area contributed by atoms with Gasteiger partial charge in [0.25, 0.3) is 0 Å². The fraction of sp³-hybridized carbons (Fsp3) is 0.765. The molecule has 1 atom stereocenters. The molecule has 6 nitrogen and oxygen atoms in total. The average Bonchev–Trinajstić information content (AvgIpc) is 3.04. The van der Waals surface area contributed by atoms with Gasteiger partial charge in [0.1, 0.15) is 0 Å². The molecule has 126 valence electrons. The summed E-state index contributed by atoms with van der Waals surface area (Å²) >= 11 is 0. The summed E-state index contributed by atoms with van der Waals surface area (Å²) in [5.41, 5.74) is 1.62. The zero-order chi connectivity index (χ0) is 15.5. The van der Waals surface area contributed by atoms with E-state index >= 15 is 0 Å². The normalized spacial score (nSPS) is 29.3. The lowest BCUT2D eigenvalue weighted by molar-refractivity contribution is 0.0644. The first-order chi connectivity index (χ1) is 11.3. The molecule has 0 bridgehead atoms. The third-order valence-corrected chi connectivity index (χ3v) is 5.32. The number of aromatic nitrogens is 2. The van der Waals surface area contributed by atoms with Gasteiger partial charge in [-0.25, -0.2) is 9.97 Å². The van der Waals surface area contributed by atoms with E-state index in [0.29, 0.717) is 5.41 Å². The van der Waals surface area contributed by atoms with Gasteiger partial charge in [0.15, 0.2) is 0 Å². The van der Waals surface area contributed by atoms with Gasteiger partial charge < -0.3 is 14.4 Å². The number of hydrogen-bond acceptors (Lipinski definition) is 6. The lowest BCUT2D eigenvalue weighted by atomic mass is 9.79. The first-order valence-corrected chi connectivity index (χ1v) is 8.77. The van der Waals surface area contributed by atoms with E-state index in [1.807, 2.05) is 12.4 Å². The van der Waals surface area contributed by atoms with E-state index < -0.39 is 0 Å². The number of hydrogen-bond donors (Lipinski definition) is 0. The predicted octanol–water partition coefficient (Wildman–Crippen LogP) is 1.32. The first-order valence-electron chi connectivity index (χ1n) is 8.77. The third-order valence-electron chi connectivity index (χ3n) is 5.32. The minimum absolute atomic E-state index is 0.410. The quantitative estimate of drug-likeness (QED) is 0.838. The van der Waals surface area contributed by atoms with Crippen molar-refractivity contribution >= 4 is 5.95 Å². The van der Waals surface area contributed by atoms with Gasteiger partial charge in [-0.3, -0.25) is 4.90 Å². The van der Waals surface area contributed by atoms with Crippen molar-refractivity contribution in [2.75, 3.05) is 57.5 Å². The first kappa shape index (κ1) is 15.3. The van der Waals surface area contributed by atoms with Gasteiger partial charge in [0.2, 0.25) is 5.95 Å². The Labute approximate surface area is 137 Å². The number of likely N-dealkylation sites (tertiary alicyclic amines) is 1. The highest BCUT2D eigenvalue weighted by atomic mass is 16.5. The molecule has 3 saturated heterocycles. The largest absolute Gasteiger partial charge is 0.381 e. The van der Waals surface area contributed by atoms with Gasteiger partial charge in [-0.2, -0.15) is 0 Å². The molecule has 1 aromatic heterocycles. The maximum absolute atomic E-state index is 5.65. The molecule has 6 heteroatoms. The van der Waals surface area contributed by atoms with Crippen LogP contribution in [-0.4, -0.2) is 67.5 Å². The fourth-order valence-electron chi connectivity index (χ4n) is 4.03. The Kier molecular flexibility index (Phi) is 4.46. The number of anilines is 1. The van der Waals surface area contributed by atoms with E-state index in [-0.39, 0.29) is 0 Å². The van der Waals surface area contributed by atoms with Crippen LogP contribution in [0.15, 0.2) is 12.4 Å². The Morgan fingerprint density at radius 2 is 1.83 bits per heavy atom. The van der Waals surface area contributed by atoms with Gasteiger partial charge >= 0.3 is 0 Å². The molecule has 0 amide bonds. The summed E-state index contributed by atoms with van der Waals surface area (Å²) in [5, 5.41) is 0. The van der Waals surface area contributed by atoms with Crippen LogP contribution in [0.3, 0.4) is 0 Å². The van der Waals surface area contributed by atoms with Crippen molar-refractivity contribution in [2.45, 2.75) is 25.8 Å². The van der Waals surface area contributed by atoms with E-state index in [0.717, 1.165) is 58.6 Å². The van der Waals surface area contributed by atoms with Gasteiger partial charge in [0, 0.05) is 56.2 Å². The molecule has 1 spiro atoms. The summed E-state index contributed by atoms with van der Waals surface area (Å²) in [6.45, 7) is 8.45. The zero-order valence-electron chi connectivity index (χ0n) is 13.7. The molecular weight excluding hydrogens is 292 g/mol. The standard InChI is InChI=1S/C17H26N4O2/c1-2-17(3-7-23-14-17)13-20(4-1)12-15-10-18-16(19-11-15)21-5-8-22-9-6-21/h10-11H,1-9,12-14H2. The summed E-state index contributed by atoms with van der Waals surface area (Å²) < 4.78 is 11.0. The zero-order valence-corrected chi connectivity index (χ0v) is 13.7. The number of rotatable bonds is 3. The van der Waals surface area contributed by atoms with Crippen molar-refractivity contribution in [1.82, 2.24) is 14.9 Å². The van der Waals surface area contributed by atoms with Crippen molar-refractivity contribution in [1.29, 1.82) is 0 Å². The van der Waals surface area contributed by atoms with Gasteiger partial charge in [0.05, 0.1) is 19.8 Å². The Hall–Kier alpha value is -1.24. The summed E-state index contributed by atoms with van der Waals surface area (Å²) in [6.07, 6.45) is 7.79. The maximum atomic E-state index is 5.65. The van der Waals surface area contributed by atoms with Crippen molar-refractivity contribution in [3.8, 4) is 0 Å². The molecule has 3 aliphatic heterocycles. The van der Waals surface area contributed by atoms with Crippen LogP contribution in [0.5, 0.6) is 0 Å². The molecule has 3 fully saturated rings. The Balaban J connectivity index is 1.36. The second-order valence-electron chi connectivity index (χ2n) is 7.11. The van der Waals surface area contributed by atoms with Crippen LogP contribution in [0.2, 0.25) is 0 Å². The number of piperidine rings is 1. The second-order valence-corrected chi connectivity index (χ2v) is 7.11. The maximum Gasteiger partial charge on any atom is 0.225 e. The third kappa shape index (κ3) is 3.49. The summed E-state index contributed by atoms with van der Waals surface area (Å²) in [4.78, 5) is 13.9. The molecule has 23 heavy (non-hydrogen) atoms. The molecule has 0 aliphatic carbocycles. The minimum atomic E-state index is 0.410. The Morgan fingerprint density at radius 1 is 1.00 bits per heavy atom. The Morgan fingerprint density at radius 3 is 2.57 bits per heavy atom. The topological polar surface area (TPSA) is 50.7 Å². The predicted molar refractivity (Wildman–Crippen MR) is 87.4 cm³/mol. The molecule has 3 aliphatic rings. The van der Waals surface area contributed by atoms with Crippen molar-refractivity contribution in [3.63, 3.8) is 0 Å². The Bertz CT molecular complexity index is 510. The van der Waals surface area contributed by atoms with Crippen LogP contribution < -0.4 is 4.90 Å². The highest BCUT2D eigenvalue weighted by Gasteiger charge is 2.38. The van der Waals surface area contributed by atoms with Crippen LogP contribution in [0, 0.1) is 5.41 Å². The van der Waals surface area contributed by atoms with Crippen LogP contribution in [0.25, 0.3) is 0 Å². The minimum Gasteiger partial charge on any atom is -0.381 e. The van der Waals surface area contributed by atoms with Gasteiger partial charge in [-0.05, 0) is 25.8 Å². The molecule has 4 rings (SSSR count). The van der Waals surface area contributed by atoms with E-state index in [1.165, 1.54) is 31.4 Å². The average molecular weight is 318 g/mol. The van der Waals surface area contributed by atoms with Crippen molar-refractivity contribution in [2.24, 2.45) is 5.41 Å². The van der Waals surface area contributed by atoms with Crippen LogP contribution >= 0.6 is 0 Å². The van der Waals surface area contributed by atoms with Gasteiger partial charge in [-0.1, -0.05) is 0 Å². The molecule has 0 N–H and O–H groups in total. The SMILES string of the molecule is c1nc(N2CCOCC2)ncc1CN1CCCC2(CCOC2)C1. The molecule has 1 unspecified atom stereocenters. The summed E-state index contributed by atoms with van der Waals surface area (Å²) in [5.74, 6) is 0.830. The van der Waals surface area contributed by atoms with E-state index in [9.17, 15) is 0 Å². The lowest BCUT2D eigenvalue weighted by Crippen LogP contribution is -2.43. The van der Waals surface area contributed by atoms with E-state index in [4.69, 9.17) is 9.47 Å². The van der Waals surface area contributed by atoms with E-state index in [1.54, 1.807) is 0 Å². The molecular formula is C17H26N4O2. The summed E-state index contributed by atoms with van der Waals surface area (Å²) in [6, 6.07) is 0. The smallest absolute Gasteiger partial charge is 0.225 e. The number of nitrogens with zero attached hydrogens (tertiary/aromatic N) is 4. The summed E-state index contributed by atoms with van der Waals surface area (Å²) in [7, 11) is 0. The van der Waals surface area contributed by atoms with Crippen molar-refractivity contribution < 1.29 is 9.47 Å². The number of morpholine rings is 1. The molecule has 0 radical (unpaired) electrons. The second kappa shape index (κ2) is 6.71. The highest BCUT2D eigenvalue weighted by molar-refractivity contribution is 5.30. The highest BCUT2D eigenvalue weighted by Crippen LogP contribution is 2.37. The van der Waals surface area contributed by atoms with Crippen LogP contribution in [-0.2, 0) is 16.0 Å². The van der Waals surface area contributed by atoms with Crippen molar-refractivity contribution in [3.05, 3.63) is 18.0 Å². The van der Waals surface area contributed by atoms with E-state index in [2.05, 4.69) is 19.8 Å². The lowest BCUT2D eigenvalue weighted by Gasteiger charge is -2.39. The van der Waals surface area contributed by atoms with Gasteiger partial charge in [-0.15, -0.1) is 0 Å². The van der Waals surface area contributed by atoms with Crippen LogP contribution in [0.4, 0.5) is 5.95 Å². The molecule has 0 aromatic carbocycles. The van der Waals surface area contributed by atoms with Crippen LogP contribution in [0.1, 0.15) is 24.8 Å². The molecule has 1 aromatic rings. The molecule has 4 heterocycles. The number of ether oxygens (including phenoxy) is 2. The monoisotopic (exact) mass is 318 g/mol.